The molecule has 0 radical (unpaired) electrons. The molecule has 0 bridgehead atoms. The second-order valence-corrected chi connectivity index (χ2v) is 4.94. The van der Waals surface area contributed by atoms with Crippen LogP contribution in [-0.4, -0.2) is 18.5 Å². The Hall–Kier alpha value is -1.06. The molecule has 0 saturated heterocycles. The highest BCUT2D eigenvalue weighted by atomic mass is 35.5. The minimum Gasteiger partial charge on any atom is -0.354 e. The molecule has 0 aromatic heterocycles. The number of carbonyl (C=O) groups excluding carboxylic acids is 1. The van der Waals surface area contributed by atoms with Gasteiger partial charge in [-0.05, 0) is 24.8 Å². The summed E-state index contributed by atoms with van der Waals surface area (Å²) in [5, 5.41) is 2.90. The van der Waals surface area contributed by atoms with Crippen molar-refractivity contribution in [3.63, 3.8) is 0 Å². The highest BCUT2D eigenvalue weighted by Crippen LogP contribution is 2.06. The predicted octanol–water partition coefficient (Wildman–Crippen LogP) is 2.45. The SMILES string of the molecule is CCC(C)C(N)C(=O)NCCc1cccc(C)c1.Cl. The molecule has 0 heterocycles. The molecule has 1 aromatic rings. The Morgan fingerprint density at radius 1 is 1.42 bits per heavy atom. The molecular formula is C15H25ClN2O. The van der Waals surface area contributed by atoms with Gasteiger partial charge in [-0.25, -0.2) is 0 Å². The molecule has 0 saturated carbocycles. The maximum Gasteiger partial charge on any atom is 0.237 e. The highest BCUT2D eigenvalue weighted by Gasteiger charge is 2.18. The summed E-state index contributed by atoms with van der Waals surface area (Å²) >= 11 is 0. The van der Waals surface area contributed by atoms with Crippen molar-refractivity contribution in [2.45, 2.75) is 39.7 Å². The number of nitrogens with two attached hydrogens (primary N) is 1. The molecule has 3 N–H and O–H groups in total. The van der Waals surface area contributed by atoms with Gasteiger partial charge in [-0.1, -0.05) is 50.1 Å². The lowest BCUT2D eigenvalue weighted by Crippen LogP contribution is -2.45. The van der Waals surface area contributed by atoms with Crippen LogP contribution in [0, 0.1) is 12.8 Å². The van der Waals surface area contributed by atoms with E-state index < -0.39 is 6.04 Å². The number of amides is 1. The summed E-state index contributed by atoms with van der Waals surface area (Å²) in [5.41, 5.74) is 8.35. The van der Waals surface area contributed by atoms with Gasteiger partial charge in [0.05, 0.1) is 6.04 Å². The van der Waals surface area contributed by atoms with Crippen molar-refractivity contribution in [1.29, 1.82) is 0 Å². The first kappa shape index (κ1) is 17.9. The molecule has 108 valence electrons. The molecule has 3 nitrogen and oxygen atoms in total. The third-order valence-electron chi connectivity index (χ3n) is 3.36. The molecule has 2 unspecified atom stereocenters. The van der Waals surface area contributed by atoms with E-state index in [9.17, 15) is 4.79 Å². The molecule has 0 fully saturated rings. The molecule has 2 atom stereocenters. The van der Waals surface area contributed by atoms with E-state index in [4.69, 9.17) is 5.73 Å². The lowest BCUT2D eigenvalue weighted by Gasteiger charge is -2.17. The van der Waals surface area contributed by atoms with Crippen LogP contribution in [0.1, 0.15) is 31.4 Å². The minimum absolute atomic E-state index is 0. The van der Waals surface area contributed by atoms with Crippen LogP contribution < -0.4 is 11.1 Å². The largest absolute Gasteiger partial charge is 0.354 e. The number of carbonyl (C=O) groups is 1. The van der Waals surface area contributed by atoms with Crippen LogP contribution in [0.3, 0.4) is 0 Å². The lowest BCUT2D eigenvalue weighted by atomic mass is 9.99. The molecule has 1 amide bonds. The highest BCUT2D eigenvalue weighted by molar-refractivity contribution is 5.85. The Labute approximate surface area is 122 Å². The molecule has 0 aliphatic rings. The fourth-order valence-corrected chi connectivity index (χ4v) is 1.83. The third kappa shape index (κ3) is 6.08. The van der Waals surface area contributed by atoms with E-state index in [0.29, 0.717) is 6.54 Å². The standard InChI is InChI=1S/C15H24N2O.ClH/c1-4-12(3)14(16)15(18)17-9-8-13-7-5-6-11(2)10-13;/h5-7,10,12,14H,4,8-9,16H2,1-3H3,(H,17,18);1H. The van der Waals surface area contributed by atoms with Crippen LogP contribution in [0.25, 0.3) is 0 Å². The zero-order valence-corrected chi connectivity index (χ0v) is 12.8. The van der Waals surface area contributed by atoms with Gasteiger partial charge in [-0.15, -0.1) is 12.4 Å². The van der Waals surface area contributed by atoms with Gasteiger partial charge in [-0.2, -0.15) is 0 Å². The van der Waals surface area contributed by atoms with E-state index in [-0.39, 0.29) is 24.2 Å². The van der Waals surface area contributed by atoms with Crippen molar-refractivity contribution >= 4 is 18.3 Å². The summed E-state index contributed by atoms with van der Waals surface area (Å²) < 4.78 is 0. The van der Waals surface area contributed by atoms with Gasteiger partial charge in [0.1, 0.15) is 0 Å². The predicted molar refractivity (Wildman–Crippen MR) is 82.6 cm³/mol. The second kappa shape index (κ2) is 8.94. The summed E-state index contributed by atoms with van der Waals surface area (Å²) in [6, 6.07) is 7.93. The molecule has 0 spiro atoms. The zero-order chi connectivity index (χ0) is 13.5. The molecular weight excluding hydrogens is 260 g/mol. The summed E-state index contributed by atoms with van der Waals surface area (Å²) in [7, 11) is 0. The Balaban J connectivity index is 0.00000324. The Kier molecular flexibility index (Phi) is 8.44. The van der Waals surface area contributed by atoms with Crippen molar-refractivity contribution in [1.82, 2.24) is 5.32 Å². The van der Waals surface area contributed by atoms with Crippen LogP contribution >= 0.6 is 12.4 Å². The number of aryl methyl sites for hydroxylation is 1. The molecule has 1 rings (SSSR count). The first-order chi connectivity index (χ1) is 8.54. The van der Waals surface area contributed by atoms with Crippen molar-refractivity contribution in [3.05, 3.63) is 35.4 Å². The van der Waals surface area contributed by atoms with E-state index in [2.05, 4.69) is 30.4 Å². The maximum atomic E-state index is 11.8. The average Bonchev–Trinajstić information content (AvgIpc) is 2.36. The second-order valence-electron chi connectivity index (χ2n) is 4.94. The fourth-order valence-electron chi connectivity index (χ4n) is 1.83. The normalized spacial score (nSPS) is 13.3. The van der Waals surface area contributed by atoms with Gasteiger partial charge in [0.15, 0.2) is 0 Å². The number of benzene rings is 1. The van der Waals surface area contributed by atoms with Crippen LogP contribution in [0.4, 0.5) is 0 Å². The maximum absolute atomic E-state index is 11.8. The summed E-state index contributed by atoms with van der Waals surface area (Å²) in [5.74, 6) is 0.181. The van der Waals surface area contributed by atoms with Gasteiger partial charge in [0, 0.05) is 6.54 Å². The van der Waals surface area contributed by atoms with E-state index in [1.807, 2.05) is 19.9 Å². The third-order valence-corrected chi connectivity index (χ3v) is 3.36. The smallest absolute Gasteiger partial charge is 0.237 e. The van der Waals surface area contributed by atoms with E-state index in [1.165, 1.54) is 11.1 Å². The summed E-state index contributed by atoms with van der Waals surface area (Å²) in [4.78, 5) is 11.8. The van der Waals surface area contributed by atoms with Gasteiger partial charge in [0.25, 0.3) is 0 Å². The minimum atomic E-state index is -0.396. The Morgan fingerprint density at radius 3 is 2.68 bits per heavy atom. The fraction of sp³-hybridized carbons (Fsp3) is 0.533. The number of hydrogen-bond donors (Lipinski definition) is 2. The van der Waals surface area contributed by atoms with Crippen LogP contribution in [0.2, 0.25) is 0 Å². The lowest BCUT2D eigenvalue weighted by molar-refractivity contribution is -0.123. The van der Waals surface area contributed by atoms with E-state index in [1.54, 1.807) is 0 Å². The van der Waals surface area contributed by atoms with Gasteiger partial charge in [0.2, 0.25) is 5.91 Å². The Morgan fingerprint density at radius 2 is 2.11 bits per heavy atom. The van der Waals surface area contributed by atoms with Crippen molar-refractivity contribution in [3.8, 4) is 0 Å². The first-order valence-electron chi connectivity index (χ1n) is 6.63. The number of halogens is 1. The number of hydrogen-bond acceptors (Lipinski definition) is 2. The van der Waals surface area contributed by atoms with Crippen LogP contribution in [-0.2, 0) is 11.2 Å². The molecule has 1 aromatic carbocycles. The van der Waals surface area contributed by atoms with Crippen LogP contribution in [0.5, 0.6) is 0 Å². The Bertz CT molecular complexity index is 395. The summed E-state index contributed by atoms with van der Waals surface area (Å²) in [6.45, 7) is 6.77. The van der Waals surface area contributed by atoms with Crippen LogP contribution in [0.15, 0.2) is 24.3 Å². The molecule has 0 aliphatic carbocycles. The van der Waals surface area contributed by atoms with Crippen molar-refractivity contribution < 1.29 is 4.79 Å². The quantitative estimate of drug-likeness (QED) is 0.843. The van der Waals surface area contributed by atoms with E-state index in [0.717, 1.165) is 12.8 Å². The van der Waals surface area contributed by atoms with Gasteiger partial charge >= 0.3 is 0 Å². The van der Waals surface area contributed by atoms with Gasteiger partial charge < -0.3 is 11.1 Å². The van der Waals surface area contributed by atoms with Crippen molar-refractivity contribution in [2.24, 2.45) is 11.7 Å². The average molecular weight is 285 g/mol. The van der Waals surface area contributed by atoms with Gasteiger partial charge in [-0.3, -0.25) is 4.79 Å². The number of nitrogens with one attached hydrogen (secondary N) is 1. The topological polar surface area (TPSA) is 55.1 Å². The van der Waals surface area contributed by atoms with E-state index >= 15 is 0 Å². The molecule has 0 aliphatic heterocycles. The monoisotopic (exact) mass is 284 g/mol. The molecule has 4 heteroatoms. The van der Waals surface area contributed by atoms with Crippen molar-refractivity contribution in [2.75, 3.05) is 6.54 Å². The zero-order valence-electron chi connectivity index (χ0n) is 12.0. The number of rotatable bonds is 6. The molecule has 19 heavy (non-hydrogen) atoms. The first-order valence-corrected chi connectivity index (χ1v) is 6.63. The summed E-state index contributed by atoms with van der Waals surface area (Å²) in [6.07, 6.45) is 1.77.